The summed E-state index contributed by atoms with van der Waals surface area (Å²) in [7, 11) is -2.20. The molecule has 0 radical (unpaired) electrons. The Labute approximate surface area is 146 Å². The molecule has 0 fully saturated rings. The second kappa shape index (κ2) is 6.96. The molecule has 126 valence electrons. The molecular weight excluding hydrogens is 344 g/mol. The molecule has 7 heteroatoms. The van der Waals surface area contributed by atoms with E-state index in [9.17, 15) is 13.0 Å². The number of nitrogens with zero attached hydrogens (tertiary/aromatic N) is 2. The number of aryl methyl sites for hydroxylation is 1. The maximum Gasteiger partial charge on any atom is 0.207 e. The fourth-order valence-corrected chi connectivity index (χ4v) is 4.22. The number of fused-ring (bicyclic) bond motifs is 1. The van der Waals surface area contributed by atoms with Gasteiger partial charge in [-0.05, 0) is 24.6 Å². The average molecular weight is 362 g/mol. The van der Waals surface area contributed by atoms with E-state index >= 15 is 0 Å². The minimum Gasteiger partial charge on any atom is -0.748 e. The Kier molecular flexibility index (Phi) is 4.93. The maximum atomic E-state index is 10.9. The molecule has 0 aliphatic carbocycles. The number of pyridine rings is 1. The Bertz CT molecular complexity index is 879. The molecule has 0 amide bonds. The molecule has 1 aliphatic rings. The van der Waals surface area contributed by atoms with Crippen molar-refractivity contribution in [2.24, 2.45) is 7.05 Å². The average Bonchev–Trinajstić information content (AvgIpc) is 2.86. The molecule has 0 unspecified atom stereocenters. The van der Waals surface area contributed by atoms with Gasteiger partial charge in [0.2, 0.25) is 5.69 Å². The largest absolute Gasteiger partial charge is 0.748 e. The van der Waals surface area contributed by atoms with Crippen LogP contribution in [-0.4, -0.2) is 25.3 Å². The van der Waals surface area contributed by atoms with Gasteiger partial charge in [0.25, 0.3) is 0 Å². The van der Waals surface area contributed by atoms with Crippen molar-refractivity contribution < 1.29 is 17.5 Å². The highest BCUT2D eigenvalue weighted by molar-refractivity contribution is 8.03. The number of para-hydroxylation sites is 1. The topological polar surface area (TPSA) is 64.3 Å². The van der Waals surface area contributed by atoms with Crippen LogP contribution in [0.5, 0.6) is 0 Å². The molecule has 2 heterocycles. The number of hydrogen-bond acceptors (Lipinski definition) is 5. The maximum absolute atomic E-state index is 10.9. The van der Waals surface area contributed by atoms with E-state index in [1.807, 2.05) is 60.3 Å². The van der Waals surface area contributed by atoms with E-state index in [0.717, 1.165) is 21.3 Å². The Balaban J connectivity index is 1.89. The molecule has 1 aromatic carbocycles. The van der Waals surface area contributed by atoms with Gasteiger partial charge in [-0.15, -0.1) is 0 Å². The Morgan fingerprint density at radius 1 is 1.21 bits per heavy atom. The van der Waals surface area contributed by atoms with Gasteiger partial charge in [-0.25, -0.2) is 13.0 Å². The van der Waals surface area contributed by atoms with E-state index in [1.165, 1.54) is 0 Å². The minimum atomic E-state index is -4.18. The summed E-state index contributed by atoms with van der Waals surface area (Å²) in [5.41, 5.74) is 2.10. The molecule has 0 saturated heterocycles. The van der Waals surface area contributed by atoms with Crippen molar-refractivity contribution in [3.8, 4) is 0 Å². The van der Waals surface area contributed by atoms with Crippen LogP contribution in [0.15, 0.2) is 58.6 Å². The quantitative estimate of drug-likeness (QED) is 0.603. The summed E-state index contributed by atoms with van der Waals surface area (Å²) in [6.07, 6.45) is 4.36. The number of benzene rings is 1. The molecule has 0 saturated carbocycles. The number of hydrogen-bond donors (Lipinski definition) is 0. The van der Waals surface area contributed by atoms with Crippen LogP contribution in [0.2, 0.25) is 0 Å². The van der Waals surface area contributed by atoms with Gasteiger partial charge in [0.05, 0.1) is 20.8 Å². The first-order chi connectivity index (χ1) is 11.4. The van der Waals surface area contributed by atoms with Crippen molar-refractivity contribution in [3.63, 3.8) is 0 Å². The molecule has 2 aromatic rings. The van der Waals surface area contributed by atoms with Gasteiger partial charge in [0, 0.05) is 35.4 Å². The van der Waals surface area contributed by atoms with Crippen molar-refractivity contribution in [1.29, 1.82) is 0 Å². The predicted molar refractivity (Wildman–Crippen MR) is 94.4 cm³/mol. The number of rotatable bonds is 5. The fourth-order valence-electron chi connectivity index (χ4n) is 2.60. The van der Waals surface area contributed by atoms with Crippen molar-refractivity contribution in [2.75, 3.05) is 17.2 Å². The van der Waals surface area contributed by atoms with Crippen LogP contribution in [0.4, 0.5) is 5.69 Å². The Morgan fingerprint density at radius 3 is 2.71 bits per heavy atom. The van der Waals surface area contributed by atoms with E-state index in [4.69, 9.17) is 0 Å². The molecule has 0 atom stereocenters. The first-order valence-electron chi connectivity index (χ1n) is 7.58. The van der Waals surface area contributed by atoms with E-state index in [2.05, 4.69) is 11.0 Å². The van der Waals surface area contributed by atoms with Crippen LogP contribution in [0.25, 0.3) is 6.08 Å². The molecule has 5 nitrogen and oxygen atoms in total. The SMILES string of the molecule is C[n+]1ccccc1C=C1Sc2ccccc2N1CCCS(=O)(=O)[O-]. The van der Waals surface area contributed by atoms with Gasteiger partial charge in [0.1, 0.15) is 7.05 Å². The van der Waals surface area contributed by atoms with Gasteiger partial charge in [-0.1, -0.05) is 23.9 Å². The predicted octanol–water partition coefficient (Wildman–Crippen LogP) is 2.36. The second-order valence-electron chi connectivity index (χ2n) is 5.56. The van der Waals surface area contributed by atoms with E-state index in [1.54, 1.807) is 11.8 Å². The third kappa shape index (κ3) is 3.98. The van der Waals surface area contributed by atoms with Crippen molar-refractivity contribution in [3.05, 3.63) is 59.4 Å². The van der Waals surface area contributed by atoms with Crippen molar-refractivity contribution in [1.82, 2.24) is 0 Å². The Hall–Kier alpha value is -1.83. The summed E-state index contributed by atoms with van der Waals surface area (Å²) in [4.78, 5) is 3.21. The third-order valence-electron chi connectivity index (χ3n) is 3.78. The molecule has 24 heavy (non-hydrogen) atoms. The van der Waals surface area contributed by atoms with Crippen LogP contribution < -0.4 is 9.47 Å². The zero-order valence-electron chi connectivity index (χ0n) is 13.3. The summed E-state index contributed by atoms with van der Waals surface area (Å²) in [5.74, 6) is -0.345. The monoisotopic (exact) mass is 362 g/mol. The first-order valence-corrected chi connectivity index (χ1v) is 9.98. The summed E-state index contributed by atoms with van der Waals surface area (Å²) < 4.78 is 34.6. The number of thioether (sulfide) groups is 1. The van der Waals surface area contributed by atoms with Gasteiger partial charge in [-0.3, -0.25) is 0 Å². The molecule has 1 aliphatic heterocycles. The number of aromatic nitrogens is 1. The van der Waals surface area contributed by atoms with Crippen LogP contribution in [0, 0.1) is 0 Å². The zero-order valence-corrected chi connectivity index (χ0v) is 14.9. The molecule has 0 spiro atoms. The Morgan fingerprint density at radius 2 is 1.96 bits per heavy atom. The lowest BCUT2D eigenvalue weighted by molar-refractivity contribution is -0.673. The summed E-state index contributed by atoms with van der Waals surface area (Å²) in [5, 5.41) is 1.03. The van der Waals surface area contributed by atoms with Gasteiger partial charge in [-0.2, -0.15) is 0 Å². The van der Waals surface area contributed by atoms with Gasteiger partial charge >= 0.3 is 0 Å². The molecule has 3 rings (SSSR count). The van der Waals surface area contributed by atoms with Crippen LogP contribution >= 0.6 is 11.8 Å². The lowest BCUT2D eigenvalue weighted by Crippen LogP contribution is -2.31. The highest BCUT2D eigenvalue weighted by Crippen LogP contribution is 2.46. The van der Waals surface area contributed by atoms with Crippen LogP contribution in [0.1, 0.15) is 12.1 Å². The molecular formula is C17H18N2O3S2. The standard InChI is InChI=1S/C17H18N2O3S2/c1-18-10-5-4-7-14(18)13-17-19(11-6-12-24(20,21)22)15-8-2-3-9-16(15)23-17/h2-5,7-10,13H,6,11-12H2,1H3. The fraction of sp³-hybridized carbons (Fsp3) is 0.235. The minimum absolute atomic E-state index is 0.305. The van der Waals surface area contributed by atoms with Gasteiger partial charge < -0.3 is 9.45 Å². The highest BCUT2D eigenvalue weighted by Gasteiger charge is 2.25. The van der Waals surface area contributed by atoms with E-state index < -0.39 is 10.1 Å². The van der Waals surface area contributed by atoms with E-state index in [-0.39, 0.29) is 5.75 Å². The lowest BCUT2D eigenvalue weighted by atomic mass is 10.2. The normalized spacial score (nSPS) is 15.8. The van der Waals surface area contributed by atoms with Gasteiger partial charge in [0.15, 0.2) is 6.20 Å². The number of anilines is 1. The molecule has 0 N–H and O–H groups in total. The highest BCUT2D eigenvalue weighted by atomic mass is 32.2. The lowest BCUT2D eigenvalue weighted by Gasteiger charge is -2.20. The second-order valence-corrected chi connectivity index (χ2v) is 8.14. The summed E-state index contributed by atoms with van der Waals surface area (Å²) >= 11 is 1.65. The summed E-state index contributed by atoms with van der Waals surface area (Å²) in [6, 6.07) is 14.0. The van der Waals surface area contributed by atoms with Crippen molar-refractivity contribution in [2.45, 2.75) is 11.3 Å². The molecule has 1 aromatic heterocycles. The van der Waals surface area contributed by atoms with E-state index in [0.29, 0.717) is 13.0 Å². The first kappa shape index (κ1) is 17.0. The summed E-state index contributed by atoms with van der Waals surface area (Å²) in [6.45, 7) is 0.494. The smallest absolute Gasteiger partial charge is 0.207 e. The van der Waals surface area contributed by atoms with Crippen LogP contribution in [0.3, 0.4) is 0 Å². The van der Waals surface area contributed by atoms with Crippen LogP contribution in [-0.2, 0) is 17.2 Å². The zero-order chi connectivity index (χ0) is 17.2. The van der Waals surface area contributed by atoms with Crippen molar-refractivity contribution >= 4 is 33.6 Å². The third-order valence-corrected chi connectivity index (χ3v) is 5.68. The molecule has 0 bridgehead atoms.